The molecule has 128 valence electrons. The van der Waals surface area contributed by atoms with Crippen LogP contribution in [0.2, 0.25) is 0 Å². The summed E-state index contributed by atoms with van der Waals surface area (Å²) in [5.74, 6) is -6.05. The van der Waals surface area contributed by atoms with Gasteiger partial charge in [-0.25, -0.2) is 21.5 Å². The van der Waals surface area contributed by atoms with E-state index >= 15 is 0 Å². The molecule has 1 fully saturated rings. The normalized spacial score (nSPS) is 22.4. The Morgan fingerprint density at radius 2 is 1.91 bits per heavy atom. The van der Waals surface area contributed by atoms with Crippen LogP contribution in [0.4, 0.5) is 8.78 Å². The number of sulfonamides is 1. The fraction of sp³-hybridized carbons (Fsp3) is 0.533. The first-order valence-corrected chi connectivity index (χ1v) is 8.93. The summed E-state index contributed by atoms with van der Waals surface area (Å²) in [6.07, 6.45) is -1.47. The van der Waals surface area contributed by atoms with E-state index in [1.165, 1.54) is 0 Å². The average molecular weight is 347 g/mol. The minimum absolute atomic E-state index is 0.0807. The molecule has 0 saturated carbocycles. The van der Waals surface area contributed by atoms with E-state index in [-0.39, 0.29) is 25.3 Å². The SMILES string of the molecule is O=C(O)CC1CCN(S(=O)(=O)Cc2ccccc2)CCC1(F)F. The number of nitrogens with zero attached hydrogens (tertiary/aromatic N) is 1. The van der Waals surface area contributed by atoms with E-state index in [1.54, 1.807) is 30.3 Å². The van der Waals surface area contributed by atoms with Crippen LogP contribution in [0.5, 0.6) is 0 Å². The van der Waals surface area contributed by atoms with Crippen LogP contribution >= 0.6 is 0 Å². The quantitative estimate of drug-likeness (QED) is 0.887. The lowest BCUT2D eigenvalue weighted by Gasteiger charge is -2.22. The van der Waals surface area contributed by atoms with Crippen LogP contribution in [-0.2, 0) is 20.6 Å². The molecule has 1 aromatic carbocycles. The van der Waals surface area contributed by atoms with Crippen molar-refractivity contribution in [3.05, 3.63) is 35.9 Å². The highest BCUT2D eigenvalue weighted by Crippen LogP contribution is 2.36. The van der Waals surface area contributed by atoms with Gasteiger partial charge in [-0.05, 0) is 12.0 Å². The maximum atomic E-state index is 14.0. The van der Waals surface area contributed by atoms with E-state index in [2.05, 4.69) is 0 Å². The molecule has 2 rings (SSSR count). The van der Waals surface area contributed by atoms with Crippen LogP contribution in [0.1, 0.15) is 24.8 Å². The van der Waals surface area contributed by atoms with Crippen molar-refractivity contribution in [2.75, 3.05) is 13.1 Å². The lowest BCUT2D eigenvalue weighted by atomic mass is 9.93. The molecule has 8 heteroatoms. The first-order valence-electron chi connectivity index (χ1n) is 7.32. The van der Waals surface area contributed by atoms with Crippen molar-refractivity contribution >= 4 is 16.0 Å². The van der Waals surface area contributed by atoms with Crippen LogP contribution in [0, 0.1) is 5.92 Å². The Morgan fingerprint density at radius 1 is 1.26 bits per heavy atom. The molecule has 0 bridgehead atoms. The largest absolute Gasteiger partial charge is 0.481 e. The number of hydrogen-bond acceptors (Lipinski definition) is 3. The van der Waals surface area contributed by atoms with Gasteiger partial charge in [-0.1, -0.05) is 30.3 Å². The first-order chi connectivity index (χ1) is 10.7. The van der Waals surface area contributed by atoms with Crippen molar-refractivity contribution in [1.82, 2.24) is 4.31 Å². The van der Waals surface area contributed by atoms with Crippen molar-refractivity contribution in [3.63, 3.8) is 0 Å². The monoisotopic (exact) mass is 347 g/mol. The van der Waals surface area contributed by atoms with Crippen molar-refractivity contribution in [1.29, 1.82) is 0 Å². The Bertz CT molecular complexity index is 649. The summed E-state index contributed by atoms with van der Waals surface area (Å²) >= 11 is 0. The molecule has 1 aliphatic rings. The van der Waals surface area contributed by atoms with Gasteiger partial charge >= 0.3 is 5.97 Å². The zero-order valence-corrected chi connectivity index (χ0v) is 13.3. The summed E-state index contributed by atoms with van der Waals surface area (Å²) in [5, 5.41) is 8.75. The highest BCUT2D eigenvalue weighted by Gasteiger charge is 2.44. The zero-order chi connectivity index (χ0) is 17.1. The van der Waals surface area contributed by atoms with Crippen molar-refractivity contribution in [2.24, 2.45) is 5.92 Å². The third-order valence-electron chi connectivity index (χ3n) is 4.03. The lowest BCUT2D eigenvalue weighted by Crippen LogP contribution is -2.33. The minimum Gasteiger partial charge on any atom is -0.481 e. The predicted octanol–water partition coefficient (Wildman–Crippen LogP) is 2.34. The van der Waals surface area contributed by atoms with E-state index < -0.39 is 40.7 Å². The molecule has 1 atom stereocenters. The topological polar surface area (TPSA) is 74.7 Å². The first kappa shape index (κ1) is 17.8. The number of rotatable bonds is 5. The van der Waals surface area contributed by atoms with Crippen LogP contribution in [0.25, 0.3) is 0 Å². The highest BCUT2D eigenvalue weighted by molar-refractivity contribution is 7.88. The van der Waals surface area contributed by atoms with Gasteiger partial charge in [-0.3, -0.25) is 4.79 Å². The molecule has 0 aliphatic carbocycles. The summed E-state index contributed by atoms with van der Waals surface area (Å²) in [5.41, 5.74) is 0.589. The fourth-order valence-electron chi connectivity index (χ4n) is 2.72. The van der Waals surface area contributed by atoms with Gasteiger partial charge in [0, 0.05) is 25.4 Å². The summed E-state index contributed by atoms with van der Waals surface area (Å²) < 4.78 is 53.9. The number of aliphatic carboxylic acids is 1. The fourth-order valence-corrected chi connectivity index (χ4v) is 4.27. The zero-order valence-electron chi connectivity index (χ0n) is 12.5. The molecular formula is C15H19F2NO4S. The predicted molar refractivity (Wildman–Crippen MR) is 80.6 cm³/mol. The third-order valence-corrected chi connectivity index (χ3v) is 5.88. The number of carbonyl (C=O) groups is 1. The van der Waals surface area contributed by atoms with Gasteiger partial charge in [0.05, 0.1) is 12.2 Å². The minimum atomic E-state index is -3.71. The van der Waals surface area contributed by atoms with Crippen LogP contribution < -0.4 is 0 Å². The maximum Gasteiger partial charge on any atom is 0.303 e. The Morgan fingerprint density at radius 3 is 2.52 bits per heavy atom. The van der Waals surface area contributed by atoms with E-state index in [1.807, 2.05) is 0 Å². The number of benzene rings is 1. The van der Waals surface area contributed by atoms with Crippen molar-refractivity contribution in [3.8, 4) is 0 Å². The molecule has 1 N–H and O–H groups in total. The highest BCUT2D eigenvalue weighted by atomic mass is 32.2. The number of carboxylic acid groups (broad SMARTS) is 1. The van der Waals surface area contributed by atoms with E-state index in [0.717, 1.165) is 4.31 Å². The van der Waals surface area contributed by atoms with E-state index in [4.69, 9.17) is 5.11 Å². The molecular weight excluding hydrogens is 328 g/mol. The van der Waals surface area contributed by atoms with Gasteiger partial charge in [0.15, 0.2) is 0 Å². The molecule has 0 spiro atoms. The Balaban J connectivity index is 2.11. The number of carboxylic acids is 1. The lowest BCUT2D eigenvalue weighted by molar-refractivity contribution is -0.143. The molecule has 1 aromatic rings. The molecule has 1 aliphatic heterocycles. The Labute approximate surface area is 134 Å². The van der Waals surface area contributed by atoms with Crippen LogP contribution in [-0.4, -0.2) is 42.8 Å². The summed E-state index contributed by atoms with van der Waals surface area (Å²) in [6, 6.07) is 8.52. The van der Waals surface area contributed by atoms with E-state index in [9.17, 15) is 22.0 Å². The molecule has 1 heterocycles. The smallest absolute Gasteiger partial charge is 0.303 e. The summed E-state index contributed by atoms with van der Waals surface area (Å²) in [4.78, 5) is 10.7. The molecule has 23 heavy (non-hydrogen) atoms. The second-order valence-electron chi connectivity index (χ2n) is 5.74. The van der Waals surface area contributed by atoms with Crippen LogP contribution in [0.3, 0.4) is 0 Å². The number of alkyl halides is 2. The summed E-state index contributed by atoms with van der Waals surface area (Å²) in [7, 11) is -3.71. The molecule has 0 aromatic heterocycles. The molecule has 1 saturated heterocycles. The molecule has 5 nitrogen and oxygen atoms in total. The van der Waals surface area contributed by atoms with Gasteiger partial charge in [0.25, 0.3) is 5.92 Å². The van der Waals surface area contributed by atoms with E-state index in [0.29, 0.717) is 5.56 Å². The second-order valence-corrected chi connectivity index (χ2v) is 7.70. The van der Waals surface area contributed by atoms with Gasteiger partial charge in [0.2, 0.25) is 10.0 Å². The van der Waals surface area contributed by atoms with Gasteiger partial charge in [0.1, 0.15) is 0 Å². The molecule has 0 amide bonds. The molecule has 0 radical (unpaired) electrons. The third kappa shape index (κ3) is 4.71. The van der Waals surface area contributed by atoms with Crippen molar-refractivity contribution < 1.29 is 27.1 Å². The average Bonchev–Trinajstić information content (AvgIpc) is 2.59. The van der Waals surface area contributed by atoms with Gasteiger partial charge in [-0.2, -0.15) is 0 Å². The second kappa shape index (κ2) is 6.92. The van der Waals surface area contributed by atoms with Crippen LogP contribution in [0.15, 0.2) is 30.3 Å². The van der Waals surface area contributed by atoms with Gasteiger partial charge in [-0.15, -0.1) is 0 Å². The van der Waals surface area contributed by atoms with Gasteiger partial charge < -0.3 is 5.11 Å². The Kier molecular flexibility index (Phi) is 5.36. The summed E-state index contributed by atoms with van der Waals surface area (Å²) in [6.45, 7) is -0.374. The standard InChI is InChI=1S/C15H19F2NO4S/c16-15(17)7-9-18(8-6-13(15)10-14(19)20)23(21,22)11-12-4-2-1-3-5-12/h1-5,13H,6-11H2,(H,19,20). The number of hydrogen-bond donors (Lipinski definition) is 1. The van der Waals surface area contributed by atoms with Crippen molar-refractivity contribution in [2.45, 2.75) is 30.9 Å². The maximum absolute atomic E-state index is 14.0. The Hall–Kier alpha value is -1.54. The number of halogens is 2. The molecule has 1 unspecified atom stereocenters.